The monoisotopic (exact) mass is 822 g/mol. The Morgan fingerprint density at radius 3 is 0.983 bits per heavy atom. The number of amides is 6. The zero-order valence-corrected chi connectivity index (χ0v) is 35.3. The molecule has 1 aromatic carbocycles. The highest BCUT2D eigenvalue weighted by atomic mass is 16.2. The normalized spacial score (nSPS) is 11.1. The highest BCUT2D eigenvalue weighted by Gasteiger charge is 2.20. The summed E-state index contributed by atoms with van der Waals surface area (Å²) in [4.78, 5) is 82.1. The fraction of sp³-hybridized carbons (Fsp3) is 0.333. The number of rotatable bonds is 18. The van der Waals surface area contributed by atoms with E-state index < -0.39 is 23.6 Å². The topological polar surface area (TPSA) is 201 Å². The third kappa shape index (κ3) is 11.6. The van der Waals surface area contributed by atoms with Crippen molar-refractivity contribution in [2.75, 3.05) is 75.6 Å². The predicted molar refractivity (Wildman–Crippen MR) is 231 cm³/mol. The molecule has 5 rings (SSSR count). The SMILES string of the molecule is CN(C)CCCNC(=O)c1cc(NC(=O)c2cc(NC(=O)c3ccc(C(=O)Nc4cc(C(=O)Nc5cc(C(=O)NCCCN(C)C)n(C)c5)n(C)c4)cc3)cn2C)cn1C. The lowest BCUT2D eigenvalue weighted by Crippen LogP contribution is -2.28. The van der Waals surface area contributed by atoms with Crippen LogP contribution in [0.1, 0.15) is 75.5 Å². The van der Waals surface area contributed by atoms with Crippen LogP contribution in [-0.4, -0.2) is 118 Å². The fourth-order valence-electron chi connectivity index (χ4n) is 6.38. The van der Waals surface area contributed by atoms with E-state index in [1.165, 1.54) is 36.4 Å². The number of aryl methyl sites for hydroxylation is 4. The molecule has 18 nitrogen and oxygen atoms in total. The molecule has 0 fully saturated rings. The van der Waals surface area contributed by atoms with Gasteiger partial charge in [-0.15, -0.1) is 0 Å². The van der Waals surface area contributed by atoms with Crippen LogP contribution >= 0.6 is 0 Å². The Morgan fingerprint density at radius 2 is 0.700 bits per heavy atom. The van der Waals surface area contributed by atoms with Crippen LogP contribution in [0.4, 0.5) is 22.7 Å². The largest absolute Gasteiger partial charge is 0.351 e. The summed E-state index contributed by atoms with van der Waals surface area (Å²) in [5.41, 5.74) is 3.58. The predicted octanol–water partition coefficient (Wildman–Crippen LogP) is 3.41. The third-order valence-corrected chi connectivity index (χ3v) is 9.53. The molecular weight excluding hydrogens is 769 g/mol. The lowest BCUT2D eigenvalue weighted by molar-refractivity contribution is 0.0936. The number of hydrogen-bond donors (Lipinski definition) is 6. The minimum atomic E-state index is -0.450. The Labute approximate surface area is 348 Å². The Hall–Kier alpha value is -6.92. The average molecular weight is 823 g/mol. The molecule has 0 saturated carbocycles. The third-order valence-electron chi connectivity index (χ3n) is 9.53. The van der Waals surface area contributed by atoms with Crippen LogP contribution in [0, 0.1) is 0 Å². The number of nitrogens with zero attached hydrogens (tertiary/aromatic N) is 6. The molecule has 0 aliphatic rings. The zero-order valence-electron chi connectivity index (χ0n) is 35.3. The first-order valence-electron chi connectivity index (χ1n) is 19.4. The van der Waals surface area contributed by atoms with Gasteiger partial charge in [0.1, 0.15) is 22.8 Å². The van der Waals surface area contributed by atoms with Crippen molar-refractivity contribution in [3.8, 4) is 0 Å². The van der Waals surface area contributed by atoms with E-state index in [2.05, 4.69) is 31.9 Å². The van der Waals surface area contributed by atoms with Gasteiger partial charge in [0.25, 0.3) is 35.4 Å². The molecule has 4 aromatic heterocycles. The summed E-state index contributed by atoms with van der Waals surface area (Å²) in [6.07, 6.45) is 8.13. The molecule has 0 bridgehead atoms. The minimum Gasteiger partial charge on any atom is -0.351 e. The van der Waals surface area contributed by atoms with Crippen LogP contribution in [0.5, 0.6) is 0 Å². The van der Waals surface area contributed by atoms with Crippen LogP contribution < -0.4 is 31.9 Å². The van der Waals surface area contributed by atoms with Crippen molar-refractivity contribution in [3.63, 3.8) is 0 Å². The molecule has 0 atom stereocenters. The number of anilines is 4. The summed E-state index contributed by atoms with van der Waals surface area (Å²) in [5, 5.41) is 17.0. The first-order chi connectivity index (χ1) is 28.5. The summed E-state index contributed by atoms with van der Waals surface area (Å²) < 4.78 is 6.43. The summed E-state index contributed by atoms with van der Waals surface area (Å²) in [6.45, 7) is 2.75. The summed E-state index contributed by atoms with van der Waals surface area (Å²) in [7, 11) is 14.7. The van der Waals surface area contributed by atoms with Gasteiger partial charge < -0.3 is 60.0 Å². The number of carbonyl (C=O) groups is 6. The molecule has 6 amide bonds. The van der Waals surface area contributed by atoms with Crippen LogP contribution in [0.25, 0.3) is 0 Å². The molecule has 0 unspecified atom stereocenters. The zero-order chi connectivity index (χ0) is 43.7. The van der Waals surface area contributed by atoms with Gasteiger partial charge in [-0.3, -0.25) is 28.8 Å². The number of hydrogen-bond acceptors (Lipinski definition) is 8. The first-order valence-corrected chi connectivity index (χ1v) is 19.4. The van der Waals surface area contributed by atoms with E-state index in [0.29, 0.717) is 47.2 Å². The maximum absolute atomic E-state index is 13.2. The molecule has 0 aliphatic carbocycles. The lowest BCUT2D eigenvalue weighted by Gasteiger charge is -2.10. The Bertz CT molecular complexity index is 2200. The molecule has 0 spiro atoms. The molecule has 6 N–H and O–H groups in total. The second-order valence-electron chi connectivity index (χ2n) is 15.1. The van der Waals surface area contributed by atoms with E-state index in [4.69, 9.17) is 0 Å². The average Bonchev–Trinajstić information content (AvgIpc) is 3.96. The van der Waals surface area contributed by atoms with Crippen molar-refractivity contribution in [1.82, 2.24) is 38.7 Å². The van der Waals surface area contributed by atoms with Crippen molar-refractivity contribution in [1.29, 1.82) is 0 Å². The number of aromatic nitrogens is 4. The Kier molecular flexibility index (Phi) is 14.5. The minimum absolute atomic E-state index is 0.240. The van der Waals surface area contributed by atoms with Crippen LogP contribution in [0.3, 0.4) is 0 Å². The fourth-order valence-corrected chi connectivity index (χ4v) is 6.38. The van der Waals surface area contributed by atoms with E-state index in [0.717, 1.165) is 25.9 Å². The summed E-state index contributed by atoms with van der Waals surface area (Å²) in [6, 6.07) is 12.3. The highest BCUT2D eigenvalue weighted by Crippen LogP contribution is 2.21. The van der Waals surface area contributed by atoms with Crippen LogP contribution in [-0.2, 0) is 28.2 Å². The number of nitrogens with one attached hydrogen (secondary N) is 6. The molecule has 318 valence electrons. The summed E-state index contributed by atoms with van der Waals surface area (Å²) in [5.74, 6) is -2.24. The molecule has 0 saturated heterocycles. The second kappa shape index (κ2) is 19.7. The van der Waals surface area contributed by atoms with E-state index in [1.54, 1.807) is 83.4 Å². The van der Waals surface area contributed by atoms with E-state index in [-0.39, 0.29) is 34.3 Å². The van der Waals surface area contributed by atoms with Gasteiger partial charge in [-0.1, -0.05) is 0 Å². The van der Waals surface area contributed by atoms with Crippen molar-refractivity contribution < 1.29 is 28.8 Å². The van der Waals surface area contributed by atoms with Crippen molar-refractivity contribution in [3.05, 3.63) is 107 Å². The molecule has 5 aromatic rings. The second-order valence-corrected chi connectivity index (χ2v) is 15.1. The van der Waals surface area contributed by atoms with Gasteiger partial charge in [0.05, 0.1) is 22.7 Å². The smallest absolute Gasteiger partial charge is 0.272 e. The van der Waals surface area contributed by atoms with Gasteiger partial charge in [-0.2, -0.15) is 0 Å². The van der Waals surface area contributed by atoms with Crippen molar-refractivity contribution in [2.45, 2.75) is 12.8 Å². The van der Waals surface area contributed by atoms with Crippen LogP contribution in [0.2, 0.25) is 0 Å². The lowest BCUT2D eigenvalue weighted by atomic mass is 10.1. The molecule has 60 heavy (non-hydrogen) atoms. The first kappa shape index (κ1) is 44.2. The van der Waals surface area contributed by atoms with E-state index >= 15 is 0 Å². The molecule has 18 heteroatoms. The maximum Gasteiger partial charge on any atom is 0.272 e. The van der Waals surface area contributed by atoms with Crippen molar-refractivity contribution in [2.24, 2.45) is 28.2 Å². The van der Waals surface area contributed by atoms with Gasteiger partial charge in [0, 0.05) is 77.2 Å². The Balaban J connectivity index is 1.12. The molecule has 4 heterocycles. The van der Waals surface area contributed by atoms with Gasteiger partial charge in [0.15, 0.2) is 0 Å². The quantitative estimate of drug-likeness (QED) is 0.0723. The highest BCUT2D eigenvalue weighted by molar-refractivity contribution is 6.10. The standard InChI is InChI=1S/C42H54N12O6/c1-49(2)17-9-15-43-39(57)33-19-31(25-51(33)5)47-41(59)35-21-29(23-53(35)7)45-37(55)27-11-13-28(14-12-27)38(56)46-30-22-36(54(8)24-30)42(60)48-32-20-34(52(6)26-32)40(58)44-16-10-18-50(3)4/h11-14,19-26H,9-10,15-18H2,1-8H3,(H,43,57)(H,44,58)(H,45,55)(H,46,56)(H,47,59)(H,48,60). The maximum atomic E-state index is 13.2. The van der Waals surface area contributed by atoms with Gasteiger partial charge >= 0.3 is 0 Å². The number of carbonyl (C=O) groups excluding carboxylic acids is 6. The number of benzene rings is 1. The van der Waals surface area contributed by atoms with Gasteiger partial charge in [0.2, 0.25) is 0 Å². The summed E-state index contributed by atoms with van der Waals surface area (Å²) >= 11 is 0. The molecule has 0 aliphatic heterocycles. The van der Waals surface area contributed by atoms with Crippen LogP contribution in [0.15, 0.2) is 73.3 Å². The Morgan fingerprint density at radius 1 is 0.433 bits per heavy atom. The molecular formula is C42H54N12O6. The van der Waals surface area contributed by atoms with Crippen molar-refractivity contribution >= 4 is 58.2 Å². The van der Waals surface area contributed by atoms with E-state index in [9.17, 15) is 28.8 Å². The van der Waals surface area contributed by atoms with Gasteiger partial charge in [-0.25, -0.2) is 0 Å². The van der Waals surface area contributed by atoms with Gasteiger partial charge in [-0.05, 0) is 103 Å². The van der Waals surface area contributed by atoms with E-state index in [1.807, 2.05) is 38.0 Å². The molecule has 0 radical (unpaired) electrons.